The minimum atomic E-state index is -3.12. The zero-order valence-corrected chi connectivity index (χ0v) is 14.5. The molecule has 0 bridgehead atoms. The van der Waals surface area contributed by atoms with Crippen molar-refractivity contribution in [2.45, 2.75) is 51.3 Å². The van der Waals surface area contributed by atoms with Gasteiger partial charge >= 0.3 is 0 Å². The van der Waals surface area contributed by atoms with Crippen LogP contribution in [0.3, 0.4) is 0 Å². The van der Waals surface area contributed by atoms with E-state index in [1.165, 1.54) is 0 Å². The Kier molecular flexibility index (Phi) is 7.40. The van der Waals surface area contributed by atoms with Crippen LogP contribution in [0.4, 0.5) is 0 Å². The lowest BCUT2D eigenvalue weighted by atomic mass is 9.96. The van der Waals surface area contributed by atoms with Crippen LogP contribution in [-0.2, 0) is 9.84 Å². The van der Waals surface area contributed by atoms with Gasteiger partial charge in [-0.2, -0.15) is 0 Å². The molecule has 0 aliphatic rings. The number of rotatable bonds is 9. The molecule has 0 fully saturated rings. The molecule has 2 atom stereocenters. The number of hydrogen-bond donors (Lipinski definition) is 1. The summed E-state index contributed by atoms with van der Waals surface area (Å²) >= 11 is 0. The second kappa shape index (κ2) is 8.54. The normalized spacial score (nSPS) is 15.1. The van der Waals surface area contributed by atoms with Gasteiger partial charge in [0.25, 0.3) is 0 Å². The molecule has 1 aromatic carbocycles. The summed E-state index contributed by atoms with van der Waals surface area (Å²) in [6, 6.07) is 9.71. The maximum atomic E-state index is 12.8. The molecule has 0 amide bonds. The van der Waals surface area contributed by atoms with Gasteiger partial charge in [0.15, 0.2) is 9.84 Å². The van der Waals surface area contributed by atoms with Gasteiger partial charge in [0.1, 0.15) is 0 Å². The maximum Gasteiger partial charge on any atom is 0.155 e. The number of sulfone groups is 1. The third-order valence-electron chi connectivity index (χ3n) is 3.90. The highest BCUT2D eigenvalue weighted by Crippen LogP contribution is 2.28. The van der Waals surface area contributed by atoms with Gasteiger partial charge < -0.3 is 5.32 Å². The smallest absolute Gasteiger partial charge is 0.155 e. The van der Waals surface area contributed by atoms with Gasteiger partial charge in [0.05, 0.1) is 11.0 Å². The van der Waals surface area contributed by atoms with Gasteiger partial charge in [-0.25, -0.2) is 8.42 Å². The van der Waals surface area contributed by atoms with E-state index in [9.17, 15) is 8.42 Å². The molecule has 0 spiro atoms. The van der Waals surface area contributed by atoms with Gasteiger partial charge in [0, 0.05) is 6.04 Å². The van der Waals surface area contributed by atoms with E-state index in [1.54, 1.807) is 0 Å². The monoisotopic (exact) mass is 311 g/mol. The van der Waals surface area contributed by atoms with Gasteiger partial charge in [-0.3, -0.25) is 0 Å². The Morgan fingerprint density at radius 1 is 1.10 bits per heavy atom. The lowest BCUT2D eigenvalue weighted by Crippen LogP contribution is -2.40. The molecular weight excluding hydrogens is 282 g/mol. The lowest BCUT2D eigenvalue weighted by molar-refractivity contribution is 0.441. The summed E-state index contributed by atoms with van der Waals surface area (Å²) in [7, 11) is -1.27. The summed E-state index contributed by atoms with van der Waals surface area (Å²) < 4.78 is 25.6. The first kappa shape index (κ1) is 18.2. The van der Waals surface area contributed by atoms with Crippen molar-refractivity contribution < 1.29 is 8.42 Å². The minimum Gasteiger partial charge on any atom is -0.312 e. The van der Waals surface area contributed by atoms with Crippen LogP contribution in [-0.4, -0.2) is 26.5 Å². The predicted octanol–water partition coefficient (Wildman–Crippen LogP) is 3.58. The molecule has 2 unspecified atom stereocenters. The molecular formula is C17H29NO2S. The van der Waals surface area contributed by atoms with Crippen LogP contribution in [0.5, 0.6) is 0 Å². The van der Waals surface area contributed by atoms with Crippen LogP contribution in [0.15, 0.2) is 30.3 Å². The van der Waals surface area contributed by atoms with Gasteiger partial charge in [-0.15, -0.1) is 0 Å². The lowest BCUT2D eigenvalue weighted by Gasteiger charge is -2.30. The SMILES string of the molecule is CCCCCS(=O)(=O)C(C(C)C)C(NC)c1ccccc1. The molecule has 120 valence electrons. The number of unbranched alkanes of at least 4 members (excludes halogenated alkanes) is 2. The number of nitrogens with one attached hydrogen (secondary N) is 1. The van der Waals surface area contributed by atoms with Crippen molar-refractivity contribution in [1.82, 2.24) is 5.32 Å². The molecule has 0 heterocycles. The Hall–Kier alpha value is -0.870. The van der Waals surface area contributed by atoms with E-state index in [0.29, 0.717) is 0 Å². The van der Waals surface area contributed by atoms with Crippen molar-refractivity contribution in [2.75, 3.05) is 12.8 Å². The average Bonchev–Trinajstić information content (AvgIpc) is 2.45. The molecule has 0 saturated heterocycles. The number of hydrogen-bond acceptors (Lipinski definition) is 3. The standard InChI is InChI=1S/C17H29NO2S/c1-5-6-10-13-21(19,20)17(14(2)3)16(18-4)15-11-8-7-9-12-15/h7-9,11-12,14,16-18H,5-6,10,13H2,1-4H3. The van der Waals surface area contributed by atoms with Crippen LogP contribution in [0.2, 0.25) is 0 Å². The van der Waals surface area contributed by atoms with Gasteiger partial charge in [0.2, 0.25) is 0 Å². The summed E-state index contributed by atoms with van der Waals surface area (Å²) in [4.78, 5) is 0. The van der Waals surface area contributed by atoms with E-state index in [-0.39, 0.29) is 23.0 Å². The average molecular weight is 311 g/mol. The molecule has 1 aromatic rings. The van der Waals surface area contributed by atoms with Crippen molar-refractivity contribution >= 4 is 9.84 Å². The van der Waals surface area contributed by atoms with Crippen LogP contribution in [0, 0.1) is 5.92 Å². The molecule has 1 rings (SSSR count). The highest BCUT2D eigenvalue weighted by atomic mass is 32.2. The van der Waals surface area contributed by atoms with E-state index in [1.807, 2.05) is 51.2 Å². The first-order valence-corrected chi connectivity index (χ1v) is 9.59. The maximum absolute atomic E-state index is 12.8. The fourth-order valence-electron chi connectivity index (χ4n) is 2.88. The minimum absolute atomic E-state index is 0.0780. The first-order chi connectivity index (χ1) is 9.94. The summed E-state index contributed by atoms with van der Waals surface area (Å²) in [5.41, 5.74) is 1.04. The predicted molar refractivity (Wildman–Crippen MR) is 90.2 cm³/mol. The molecule has 4 heteroatoms. The summed E-state index contributed by atoms with van der Waals surface area (Å²) in [5, 5.41) is 2.83. The molecule has 3 nitrogen and oxygen atoms in total. The van der Waals surface area contributed by atoms with Crippen molar-refractivity contribution in [3.63, 3.8) is 0 Å². The van der Waals surface area contributed by atoms with E-state index in [2.05, 4.69) is 12.2 Å². The largest absolute Gasteiger partial charge is 0.312 e. The van der Waals surface area contributed by atoms with E-state index in [4.69, 9.17) is 0 Å². The Bertz CT molecular complexity index is 497. The fourth-order valence-corrected chi connectivity index (χ4v) is 5.29. The van der Waals surface area contributed by atoms with Crippen molar-refractivity contribution in [3.8, 4) is 0 Å². The third-order valence-corrected chi connectivity index (χ3v) is 6.41. The molecule has 0 radical (unpaired) electrons. The zero-order valence-electron chi connectivity index (χ0n) is 13.7. The van der Waals surface area contributed by atoms with Crippen LogP contribution in [0.25, 0.3) is 0 Å². The number of benzene rings is 1. The Labute approximate surface area is 130 Å². The van der Waals surface area contributed by atoms with Crippen LogP contribution in [0.1, 0.15) is 51.6 Å². The van der Waals surface area contributed by atoms with E-state index < -0.39 is 9.84 Å². The van der Waals surface area contributed by atoms with Crippen LogP contribution >= 0.6 is 0 Å². The molecule has 0 saturated carbocycles. The fraction of sp³-hybridized carbons (Fsp3) is 0.647. The third kappa shape index (κ3) is 5.11. The Morgan fingerprint density at radius 2 is 1.71 bits per heavy atom. The molecule has 1 N–H and O–H groups in total. The Morgan fingerprint density at radius 3 is 2.19 bits per heavy atom. The summed E-state index contributed by atoms with van der Waals surface area (Å²) in [6.45, 7) is 6.08. The summed E-state index contributed by atoms with van der Waals surface area (Å²) in [5.74, 6) is 0.364. The second-order valence-corrected chi connectivity index (χ2v) is 8.24. The van der Waals surface area contributed by atoms with E-state index >= 15 is 0 Å². The highest BCUT2D eigenvalue weighted by molar-refractivity contribution is 7.92. The molecule has 21 heavy (non-hydrogen) atoms. The quantitative estimate of drug-likeness (QED) is 0.709. The molecule has 0 aliphatic heterocycles. The van der Waals surface area contributed by atoms with Gasteiger partial charge in [-0.1, -0.05) is 63.9 Å². The zero-order chi connectivity index (χ0) is 15.9. The highest BCUT2D eigenvalue weighted by Gasteiger charge is 2.35. The topological polar surface area (TPSA) is 46.2 Å². The Balaban J connectivity index is 3.04. The van der Waals surface area contributed by atoms with Gasteiger partial charge in [-0.05, 0) is 24.9 Å². The van der Waals surface area contributed by atoms with Crippen molar-refractivity contribution in [2.24, 2.45) is 5.92 Å². The second-order valence-electron chi connectivity index (χ2n) is 5.96. The summed E-state index contributed by atoms with van der Waals surface area (Å²) in [6.07, 6.45) is 2.77. The molecule has 0 aromatic heterocycles. The van der Waals surface area contributed by atoms with Crippen LogP contribution < -0.4 is 5.32 Å². The molecule has 0 aliphatic carbocycles. The van der Waals surface area contributed by atoms with E-state index in [0.717, 1.165) is 24.8 Å². The van der Waals surface area contributed by atoms with Crippen molar-refractivity contribution in [3.05, 3.63) is 35.9 Å². The first-order valence-electron chi connectivity index (χ1n) is 7.87. The van der Waals surface area contributed by atoms with Crippen molar-refractivity contribution in [1.29, 1.82) is 0 Å².